The molecule has 1 aromatic carbocycles. The summed E-state index contributed by atoms with van der Waals surface area (Å²) in [5.74, 6) is 0.712. The number of para-hydroxylation sites is 1. The van der Waals surface area contributed by atoms with Crippen LogP contribution in [0.25, 0.3) is 0 Å². The van der Waals surface area contributed by atoms with Crippen LogP contribution >= 0.6 is 0 Å². The molecule has 1 aliphatic rings. The highest BCUT2D eigenvalue weighted by Gasteiger charge is 2.13. The Balaban J connectivity index is 1.58. The van der Waals surface area contributed by atoms with E-state index in [0.29, 0.717) is 19.3 Å². The molecule has 0 saturated carbocycles. The fourth-order valence-electron chi connectivity index (χ4n) is 2.71. The fourth-order valence-corrected chi connectivity index (χ4v) is 2.71. The summed E-state index contributed by atoms with van der Waals surface area (Å²) in [6, 6.07) is 6.42. The maximum Gasteiger partial charge on any atom is 0.193 e. The number of nitrogens with one attached hydrogen (secondary N) is 1. The smallest absolute Gasteiger partial charge is 0.193 e. The van der Waals surface area contributed by atoms with Crippen LogP contribution in [0.1, 0.15) is 19.3 Å². The standard InChI is InChI=1S/C19H30FN3O3/c1-21-19(22-10-5-12-25-16-8-13-24-14-9-16)23(2)11-15-26-18-7-4-3-6-17(18)20/h3-4,6-7,16H,5,8-15H2,1-2H3,(H,21,22). The monoisotopic (exact) mass is 367 g/mol. The van der Waals surface area contributed by atoms with E-state index in [0.717, 1.165) is 51.6 Å². The molecule has 1 aliphatic heterocycles. The molecule has 146 valence electrons. The molecule has 1 heterocycles. The quantitative estimate of drug-likeness (QED) is 0.412. The van der Waals surface area contributed by atoms with E-state index in [1.165, 1.54) is 6.07 Å². The maximum absolute atomic E-state index is 13.5. The van der Waals surface area contributed by atoms with Crippen molar-refractivity contribution in [3.05, 3.63) is 30.1 Å². The number of hydrogen-bond acceptors (Lipinski definition) is 4. The molecule has 6 nitrogen and oxygen atoms in total. The van der Waals surface area contributed by atoms with E-state index in [-0.39, 0.29) is 11.6 Å². The van der Waals surface area contributed by atoms with Gasteiger partial charge in [0.2, 0.25) is 0 Å². The SMILES string of the molecule is CN=C(NCCCOC1CCOCC1)N(C)CCOc1ccccc1F. The molecule has 1 N–H and O–H groups in total. The lowest BCUT2D eigenvalue weighted by atomic mass is 10.1. The number of hydrogen-bond donors (Lipinski definition) is 1. The molecule has 0 unspecified atom stereocenters. The van der Waals surface area contributed by atoms with Crippen molar-refractivity contribution < 1.29 is 18.6 Å². The van der Waals surface area contributed by atoms with E-state index in [2.05, 4.69) is 10.3 Å². The number of benzene rings is 1. The zero-order chi connectivity index (χ0) is 18.6. The van der Waals surface area contributed by atoms with Gasteiger partial charge < -0.3 is 24.4 Å². The van der Waals surface area contributed by atoms with Crippen LogP contribution in [0.15, 0.2) is 29.3 Å². The first kappa shape index (κ1) is 20.5. The van der Waals surface area contributed by atoms with Crippen molar-refractivity contribution in [1.82, 2.24) is 10.2 Å². The van der Waals surface area contributed by atoms with Gasteiger partial charge in [0.1, 0.15) is 6.61 Å². The average molecular weight is 367 g/mol. The van der Waals surface area contributed by atoms with Crippen LogP contribution in [0.4, 0.5) is 4.39 Å². The predicted octanol–water partition coefficient (Wildman–Crippen LogP) is 2.30. The predicted molar refractivity (Wildman–Crippen MR) is 100 cm³/mol. The highest BCUT2D eigenvalue weighted by molar-refractivity contribution is 5.79. The third-order valence-electron chi connectivity index (χ3n) is 4.22. The van der Waals surface area contributed by atoms with Gasteiger partial charge in [-0.2, -0.15) is 0 Å². The van der Waals surface area contributed by atoms with Crippen molar-refractivity contribution in [2.24, 2.45) is 4.99 Å². The summed E-state index contributed by atoms with van der Waals surface area (Å²) in [6.07, 6.45) is 3.22. The lowest BCUT2D eigenvalue weighted by Crippen LogP contribution is -2.41. The molecule has 0 aromatic heterocycles. The van der Waals surface area contributed by atoms with Crippen LogP contribution in [0.2, 0.25) is 0 Å². The van der Waals surface area contributed by atoms with Crippen molar-refractivity contribution in [2.45, 2.75) is 25.4 Å². The highest BCUT2D eigenvalue weighted by atomic mass is 19.1. The van der Waals surface area contributed by atoms with Crippen LogP contribution in [-0.2, 0) is 9.47 Å². The van der Waals surface area contributed by atoms with Crippen LogP contribution < -0.4 is 10.1 Å². The van der Waals surface area contributed by atoms with Crippen molar-refractivity contribution in [3.8, 4) is 5.75 Å². The molecule has 0 bridgehead atoms. The summed E-state index contributed by atoms with van der Waals surface area (Å²) >= 11 is 0. The lowest BCUT2D eigenvalue weighted by molar-refractivity contribution is -0.0320. The lowest BCUT2D eigenvalue weighted by Gasteiger charge is -2.23. The summed E-state index contributed by atoms with van der Waals surface area (Å²) in [7, 11) is 3.67. The Kier molecular flexibility index (Phi) is 9.20. The number of rotatable bonds is 9. The van der Waals surface area contributed by atoms with E-state index in [1.807, 2.05) is 11.9 Å². The normalized spacial score (nSPS) is 15.7. The second-order valence-corrected chi connectivity index (χ2v) is 6.21. The van der Waals surface area contributed by atoms with Gasteiger partial charge in [0.05, 0.1) is 12.6 Å². The van der Waals surface area contributed by atoms with Gasteiger partial charge in [-0.25, -0.2) is 4.39 Å². The molecule has 26 heavy (non-hydrogen) atoms. The molecule has 0 spiro atoms. The Labute approximate surface area is 155 Å². The van der Waals surface area contributed by atoms with E-state index < -0.39 is 0 Å². The van der Waals surface area contributed by atoms with E-state index in [1.54, 1.807) is 25.2 Å². The Morgan fingerprint density at radius 1 is 1.31 bits per heavy atom. The van der Waals surface area contributed by atoms with Gasteiger partial charge in [0.15, 0.2) is 17.5 Å². The molecule has 0 amide bonds. The average Bonchev–Trinajstić information content (AvgIpc) is 2.67. The van der Waals surface area contributed by atoms with E-state index >= 15 is 0 Å². The minimum Gasteiger partial charge on any atom is -0.489 e. The summed E-state index contributed by atoms with van der Waals surface area (Å²) in [4.78, 5) is 6.22. The van der Waals surface area contributed by atoms with Crippen molar-refractivity contribution in [1.29, 1.82) is 0 Å². The number of aliphatic imine (C=N–C) groups is 1. The van der Waals surface area contributed by atoms with Gasteiger partial charge in [-0.1, -0.05) is 12.1 Å². The number of guanidine groups is 1. The van der Waals surface area contributed by atoms with Gasteiger partial charge >= 0.3 is 0 Å². The van der Waals surface area contributed by atoms with Crippen molar-refractivity contribution in [2.75, 3.05) is 53.6 Å². The Bertz CT molecular complexity index is 551. The van der Waals surface area contributed by atoms with Crippen LogP contribution in [0, 0.1) is 5.82 Å². The molecule has 0 radical (unpaired) electrons. The molecule has 1 aromatic rings. The van der Waals surface area contributed by atoms with Gasteiger partial charge in [0, 0.05) is 40.5 Å². The van der Waals surface area contributed by atoms with Gasteiger partial charge in [-0.15, -0.1) is 0 Å². The second kappa shape index (κ2) is 11.7. The summed E-state index contributed by atoms with van der Waals surface area (Å²) < 4.78 is 30.2. The number of likely N-dealkylation sites (N-methyl/N-ethyl adjacent to an activating group) is 1. The Morgan fingerprint density at radius 3 is 2.81 bits per heavy atom. The molecule has 1 fully saturated rings. The van der Waals surface area contributed by atoms with E-state index in [4.69, 9.17) is 14.2 Å². The summed E-state index contributed by atoms with van der Waals surface area (Å²) in [5.41, 5.74) is 0. The minimum absolute atomic E-state index is 0.272. The zero-order valence-electron chi connectivity index (χ0n) is 15.7. The first-order valence-electron chi connectivity index (χ1n) is 9.19. The van der Waals surface area contributed by atoms with Gasteiger partial charge in [-0.3, -0.25) is 4.99 Å². The molecule has 0 atom stereocenters. The molecular weight excluding hydrogens is 337 g/mol. The second-order valence-electron chi connectivity index (χ2n) is 6.21. The Morgan fingerprint density at radius 2 is 2.08 bits per heavy atom. The van der Waals surface area contributed by atoms with Gasteiger partial charge in [0.25, 0.3) is 0 Å². The minimum atomic E-state index is -0.345. The topological polar surface area (TPSA) is 55.3 Å². The third kappa shape index (κ3) is 7.17. The van der Waals surface area contributed by atoms with Crippen LogP contribution in [-0.4, -0.2) is 70.6 Å². The van der Waals surface area contributed by atoms with Crippen molar-refractivity contribution >= 4 is 5.96 Å². The highest BCUT2D eigenvalue weighted by Crippen LogP contribution is 2.15. The summed E-state index contributed by atoms with van der Waals surface area (Å²) in [5, 5.41) is 3.31. The number of nitrogens with zero attached hydrogens (tertiary/aromatic N) is 2. The first-order valence-corrected chi connectivity index (χ1v) is 9.19. The molecular formula is C19H30FN3O3. The maximum atomic E-state index is 13.5. The number of halogens is 1. The first-order chi connectivity index (χ1) is 12.7. The Hall–Kier alpha value is -1.86. The fraction of sp³-hybridized carbons (Fsp3) is 0.632. The molecule has 7 heteroatoms. The molecule has 0 aliphatic carbocycles. The van der Waals surface area contributed by atoms with Crippen LogP contribution in [0.5, 0.6) is 5.75 Å². The van der Waals surface area contributed by atoms with Crippen molar-refractivity contribution in [3.63, 3.8) is 0 Å². The summed E-state index contributed by atoms with van der Waals surface area (Å²) in [6.45, 7) is 4.10. The molecule has 2 rings (SSSR count). The van der Waals surface area contributed by atoms with Crippen LogP contribution in [0.3, 0.4) is 0 Å². The number of ether oxygens (including phenoxy) is 3. The largest absolute Gasteiger partial charge is 0.489 e. The zero-order valence-corrected chi connectivity index (χ0v) is 15.7. The van der Waals surface area contributed by atoms with Gasteiger partial charge in [-0.05, 0) is 31.4 Å². The third-order valence-corrected chi connectivity index (χ3v) is 4.22. The molecule has 1 saturated heterocycles. The van der Waals surface area contributed by atoms with E-state index in [9.17, 15) is 4.39 Å².